The Morgan fingerprint density at radius 3 is 2.42 bits per heavy atom. The van der Waals surface area contributed by atoms with E-state index in [1.54, 1.807) is 6.20 Å². The molecule has 0 spiro atoms. The zero-order chi connectivity index (χ0) is 17.4. The number of anilines is 1. The molecule has 1 aromatic carbocycles. The largest absolute Gasteiger partial charge is 0.357 e. The maximum Gasteiger partial charge on any atom is 0.237 e. The second-order valence-electron chi connectivity index (χ2n) is 5.71. The molecule has 0 saturated heterocycles. The van der Waals surface area contributed by atoms with Crippen molar-refractivity contribution in [1.82, 2.24) is 10.3 Å². The fourth-order valence-corrected chi connectivity index (χ4v) is 2.54. The number of nitrogens with one attached hydrogen (secondary N) is 1. The van der Waals surface area contributed by atoms with Crippen LogP contribution in [-0.4, -0.2) is 30.0 Å². The maximum absolute atomic E-state index is 12.1. The third-order valence-electron chi connectivity index (χ3n) is 4.00. The summed E-state index contributed by atoms with van der Waals surface area (Å²) in [5.41, 5.74) is 8.00. The van der Waals surface area contributed by atoms with Crippen molar-refractivity contribution in [3.8, 4) is 0 Å². The molecule has 0 aliphatic carbocycles. The number of pyridine rings is 1. The van der Waals surface area contributed by atoms with Crippen LogP contribution in [0.4, 0.5) is 5.82 Å². The summed E-state index contributed by atoms with van der Waals surface area (Å²) in [6.07, 6.45) is 2.34. The van der Waals surface area contributed by atoms with Gasteiger partial charge in [-0.05, 0) is 37.5 Å². The molecule has 0 fully saturated rings. The fraction of sp³-hybridized carbons (Fsp3) is 0.368. The number of hydrogen-bond donors (Lipinski definition) is 2. The molecule has 5 heteroatoms. The Kier molecular flexibility index (Phi) is 6.75. The van der Waals surface area contributed by atoms with Crippen LogP contribution in [0.5, 0.6) is 0 Å². The van der Waals surface area contributed by atoms with Gasteiger partial charge < -0.3 is 16.0 Å². The second kappa shape index (κ2) is 9.03. The molecule has 128 valence electrons. The van der Waals surface area contributed by atoms with Crippen LogP contribution >= 0.6 is 0 Å². The number of nitrogens with two attached hydrogens (primary N) is 1. The summed E-state index contributed by atoms with van der Waals surface area (Å²) in [5.74, 6) is 0.808. The van der Waals surface area contributed by atoms with Gasteiger partial charge in [0.1, 0.15) is 5.82 Å². The van der Waals surface area contributed by atoms with Gasteiger partial charge >= 0.3 is 0 Å². The Balaban J connectivity index is 1.85. The highest BCUT2D eigenvalue weighted by Crippen LogP contribution is 2.10. The molecule has 0 saturated carbocycles. The van der Waals surface area contributed by atoms with E-state index >= 15 is 0 Å². The molecule has 24 heavy (non-hydrogen) atoms. The van der Waals surface area contributed by atoms with Crippen LogP contribution in [0.15, 0.2) is 48.7 Å². The van der Waals surface area contributed by atoms with Crippen molar-refractivity contribution < 1.29 is 4.79 Å². The molecule has 3 N–H and O–H groups in total. The lowest BCUT2D eigenvalue weighted by Gasteiger charge is -2.19. The first kappa shape index (κ1) is 17.9. The molecule has 1 aromatic heterocycles. The fourth-order valence-electron chi connectivity index (χ4n) is 2.54. The van der Waals surface area contributed by atoms with Gasteiger partial charge in [0.05, 0.1) is 6.04 Å². The van der Waals surface area contributed by atoms with Crippen LogP contribution in [0.25, 0.3) is 0 Å². The Hall–Kier alpha value is -2.40. The van der Waals surface area contributed by atoms with Crippen molar-refractivity contribution in [1.29, 1.82) is 0 Å². The van der Waals surface area contributed by atoms with Crippen molar-refractivity contribution in [3.63, 3.8) is 0 Å². The van der Waals surface area contributed by atoms with E-state index in [2.05, 4.69) is 29.0 Å². The van der Waals surface area contributed by atoms with Crippen LogP contribution in [0, 0.1) is 0 Å². The number of nitrogens with zero attached hydrogens (tertiary/aromatic N) is 2. The molecule has 0 bridgehead atoms. The lowest BCUT2D eigenvalue weighted by Crippen LogP contribution is -2.41. The van der Waals surface area contributed by atoms with Crippen LogP contribution in [-0.2, 0) is 17.8 Å². The topological polar surface area (TPSA) is 71.2 Å². The monoisotopic (exact) mass is 326 g/mol. The van der Waals surface area contributed by atoms with Crippen molar-refractivity contribution >= 4 is 11.7 Å². The summed E-state index contributed by atoms with van der Waals surface area (Å²) in [6.45, 7) is 6.50. The predicted octanol–water partition coefficient (Wildman–Crippen LogP) is 2.11. The summed E-state index contributed by atoms with van der Waals surface area (Å²) < 4.78 is 0. The van der Waals surface area contributed by atoms with Gasteiger partial charge in [-0.2, -0.15) is 0 Å². The van der Waals surface area contributed by atoms with E-state index in [0.717, 1.165) is 30.0 Å². The number of carbonyl (C=O) groups excluding carboxylic acids is 1. The molecule has 5 nitrogen and oxygen atoms in total. The van der Waals surface area contributed by atoms with Gasteiger partial charge in [-0.15, -0.1) is 0 Å². The van der Waals surface area contributed by atoms with E-state index in [-0.39, 0.29) is 5.91 Å². The highest BCUT2D eigenvalue weighted by molar-refractivity contribution is 5.81. The standard InChI is InChI=1S/C19H26N4O/c1-3-23(4-2)18-11-10-16(13-21-18)14-22-19(24)17(20)12-15-8-6-5-7-9-15/h5-11,13,17H,3-4,12,14,20H2,1-2H3,(H,22,24). The molecule has 1 heterocycles. The number of rotatable bonds is 8. The Labute approximate surface area is 143 Å². The molecule has 0 radical (unpaired) electrons. The number of carbonyl (C=O) groups is 1. The second-order valence-corrected chi connectivity index (χ2v) is 5.71. The number of amides is 1. The van der Waals surface area contributed by atoms with Crippen LogP contribution in [0.3, 0.4) is 0 Å². The summed E-state index contributed by atoms with van der Waals surface area (Å²) in [6, 6.07) is 13.2. The first-order chi connectivity index (χ1) is 11.6. The van der Waals surface area contributed by atoms with Gasteiger partial charge in [0, 0.05) is 25.8 Å². The van der Waals surface area contributed by atoms with Gasteiger partial charge in [0.25, 0.3) is 0 Å². The Morgan fingerprint density at radius 1 is 1.12 bits per heavy atom. The minimum atomic E-state index is -0.546. The van der Waals surface area contributed by atoms with Gasteiger partial charge in [-0.1, -0.05) is 36.4 Å². The molecule has 1 amide bonds. The zero-order valence-electron chi connectivity index (χ0n) is 14.4. The van der Waals surface area contributed by atoms with Crippen LogP contribution in [0.2, 0.25) is 0 Å². The number of benzene rings is 1. The third-order valence-corrected chi connectivity index (χ3v) is 4.00. The first-order valence-electron chi connectivity index (χ1n) is 8.41. The average molecular weight is 326 g/mol. The first-order valence-corrected chi connectivity index (χ1v) is 8.41. The van der Waals surface area contributed by atoms with Crippen LogP contribution in [0.1, 0.15) is 25.0 Å². The molecule has 1 unspecified atom stereocenters. The Morgan fingerprint density at radius 2 is 1.83 bits per heavy atom. The predicted molar refractivity (Wildman–Crippen MR) is 97.8 cm³/mol. The minimum absolute atomic E-state index is 0.147. The lowest BCUT2D eigenvalue weighted by atomic mass is 10.1. The molecular weight excluding hydrogens is 300 g/mol. The van der Waals surface area contributed by atoms with E-state index in [1.165, 1.54) is 0 Å². The van der Waals surface area contributed by atoms with E-state index in [1.807, 2.05) is 42.5 Å². The summed E-state index contributed by atoms with van der Waals surface area (Å²) in [7, 11) is 0. The Bertz CT molecular complexity index is 624. The number of aromatic nitrogens is 1. The minimum Gasteiger partial charge on any atom is -0.357 e. The number of hydrogen-bond acceptors (Lipinski definition) is 4. The third kappa shape index (κ3) is 5.06. The van der Waals surface area contributed by atoms with Gasteiger partial charge in [0.2, 0.25) is 5.91 Å². The normalized spacial score (nSPS) is 11.8. The summed E-state index contributed by atoms with van der Waals surface area (Å²) >= 11 is 0. The molecule has 0 aliphatic heterocycles. The highest BCUT2D eigenvalue weighted by Gasteiger charge is 2.13. The maximum atomic E-state index is 12.1. The van der Waals surface area contributed by atoms with Crippen molar-refractivity contribution in [2.75, 3.05) is 18.0 Å². The van der Waals surface area contributed by atoms with Crippen LogP contribution < -0.4 is 16.0 Å². The van der Waals surface area contributed by atoms with E-state index in [0.29, 0.717) is 13.0 Å². The van der Waals surface area contributed by atoms with Crippen molar-refractivity contribution in [2.45, 2.75) is 32.9 Å². The highest BCUT2D eigenvalue weighted by atomic mass is 16.2. The van der Waals surface area contributed by atoms with E-state index in [4.69, 9.17) is 5.73 Å². The molecule has 2 rings (SSSR count). The van der Waals surface area contributed by atoms with Gasteiger partial charge in [0.15, 0.2) is 0 Å². The quantitative estimate of drug-likeness (QED) is 0.779. The SMILES string of the molecule is CCN(CC)c1ccc(CNC(=O)C(N)Cc2ccccc2)cn1. The van der Waals surface area contributed by atoms with E-state index < -0.39 is 6.04 Å². The average Bonchev–Trinajstić information content (AvgIpc) is 2.62. The molecule has 0 aliphatic rings. The smallest absolute Gasteiger partial charge is 0.237 e. The van der Waals surface area contributed by atoms with Gasteiger partial charge in [-0.25, -0.2) is 4.98 Å². The molecule has 2 aromatic rings. The van der Waals surface area contributed by atoms with Gasteiger partial charge in [-0.3, -0.25) is 4.79 Å². The summed E-state index contributed by atoms with van der Waals surface area (Å²) in [5, 5.41) is 2.88. The zero-order valence-corrected chi connectivity index (χ0v) is 14.4. The molecular formula is C19H26N4O. The van der Waals surface area contributed by atoms with Crippen molar-refractivity contribution in [2.24, 2.45) is 5.73 Å². The summed E-state index contributed by atoms with van der Waals surface area (Å²) in [4.78, 5) is 18.8. The molecule has 1 atom stereocenters. The van der Waals surface area contributed by atoms with Crippen molar-refractivity contribution in [3.05, 3.63) is 59.8 Å². The van der Waals surface area contributed by atoms with E-state index in [9.17, 15) is 4.79 Å². The lowest BCUT2D eigenvalue weighted by molar-refractivity contribution is -0.122.